The number of hydrogen-bond donors (Lipinski definition) is 2. The number of carbonyl (C=O) groups excluding carboxylic acids is 2. The molecule has 5 heterocycles. The third kappa shape index (κ3) is 7.39. The number of nitrogens with zero attached hydrogens (tertiary/aromatic N) is 7. The van der Waals surface area contributed by atoms with Crippen LogP contribution in [0.3, 0.4) is 0 Å². The minimum Gasteiger partial charge on any atom is -0.340 e. The van der Waals surface area contributed by atoms with Crippen molar-refractivity contribution < 1.29 is 9.59 Å². The number of pyridine rings is 1. The SMILES string of the molecule is CN(C)C(C(=O)N1CCC[C@H]1c1ncc(-c2ccc(-c3ccc(-c4cnc([C@@H]5CCCN5C(=O)[C@@H](c5ccccc5)N(C)C)[nH]4)cc3)cc2)[nH]1)c1ccccn1. The van der Waals surface area contributed by atoms with Gasteiger partial charge < -0.3 is 19.8 Å². The number of H-pyrrole nitrogens is 2. The van der Waals surface area contributed by atoms with Gasteiger partial charge in [0.15, 0.2) is 0 Å². The number of rotatable bonds is 11. The van der Waals surface area contributed by atoms with E-state index < -0.39 is 6.04 Å². The largest absolute Gasteiger partial charge is 0.340 e. The zero-order valence-corrected chi connectivity index (χ0v) is 32.5. The van der Waals surface area contributed by atoms with Crippen LogP contribution in [-0.4, -0.2) is 97.6 Å². The Hall–Kier alpha value is -5.91. The van der Waals surface area contributed by atoms with Gasteiger partial charge in [-0.05, 0) is 93.8 Å². The van der Waals surface area contributed by atoms with E-state index in [1.54, 1.807) is 6.20 Å². The zero-order chi connectivity index (χ0) is 38.8. The number of likely N-dealkylation sites (N-methyl/N-ethyl adjacent to an activating group) is 2. The van der Waals surface area contributed by atoms with E-state index in [-0.39, 0.29) is 29.9 Å². The number of aromatic amines is 2. The average molecular weight is 748 g/mol. The third-order valence-corrected chi connectivity index (χ3v) is 11.2. The van der Waals surface area contributed by atoms with Crippen molar-refractivity contribution in [2.24, 2.45) is 0 Å². The molecule has 0 bridgehead atoms. The lowest BCUT2D eigenvalue weighted by molar-refractivity contribution is -0.138. The molecule has 6 aromatic rings. The Balaban J connectivity index is 0.930. The number of benzene rings is 3. The summed E-state index contributed by atoms with van der Waals surface area (Å²) in [6.07, 6.45) is 9.09. The highest BCUT2D eigenvalue weighted by atomic mass is 16.2. The van der Waals surface area contributed by atoms with Crippen molar-refractivity contribution in [3.8, 4) is 33.6 Å². The normalized spacial score (nSPS) is 18.2. The van der Waals surface area contributed by atoms with Gasteiger partial charge in [0.1, 0.15) is 23.7 Å². The van der Waals surface area contributed by atoms with E-state index in [2.05, 4.69) is 63.5 Å². The molecule has 11 heteroatoms. The summed E-state index contributed by atoms with van der Waals surface area (Å²) in [4.78, 5) is 56.8. The Morgan fingerprint density at radius 1 is 0.589 bits per heavy atom. The topological polar surface area (TPSA) is 117 Å². The molecule has 2 fully saturated rings. The fraction of sp³-hybridized carbons (Fsp3) is 0.311. The Labute approximate surface area is 328 Å². The van der Waals surface area contributed by atoms with Gasteiger partial charge in [-0.3, -0.25) is 24.4 Å². The maximum atomic E-state index is 13.9. The van der Waals surface area contributed by atoms with Crippen molar-refractivity contribution in [3.05, 3.63) is 139 Å². The molecule has 2 N–H and O–H groups in total. The predicted molar refractivity (Wildman–Crippen MR) is 218 cm³/mol. The Morgan fingerprint density at radius 2 is 1.05 bits per heavy atom. The number of nitrogens with one attached hydrogen (secondary N) is 2. The minimum absolute atomic E-state index is 0.0438. The molecule has 3 aromatic heterocycles. The van der Waals surface area contributed by atoms with E-state index in [4.69, 9.17) is 9.97 Å². The van der Waals surface area contributed by atoms with Crippen molar-refractivity contribution in [2.45, 2.75) is 49.9 Å². The van der Waals surface area contributed by atoms with Crippen LogP contribution in [-0.2, 0) is 9.59 Å². The molecule has 11 nitrogen and oxygen atoms in total. The maximum absolute atomic E-state index is 13.9. The lowest BCUT2D eigenvalue weighted by Crippen LogP contribution is -2.40. The Bertz CT molecular complexity index is 2090. The van der Waals surface area contributed by atoms with Gasteiger partial charge >= 0.3 is 0 Å². The lowest BCUT2D eigenvalue weighted by atomic mass is 10.0. The van der Waals surface area contributed by atoms with E-state index in [1.165, 1.54) is 0 Å². The molecule has 3 aromatic carbocycles. The summed E-state index contributed by atoms with van der Waals surface area (Å²) >= 11 is 0. The van der Waals surface area contributed by atoms with Crippen LogP contribution in [0.4, 0.5) is 0 Å². The molecule has 0 radical (unpaired) electrons. The van der Waals surface area contributed by atoms with Crippen molar-refractivity contribution in [3.63, 3.8) is 0 Å². The number of aromatic nitrogens is 5. The van der Waals surface area contributed by atoms with E-state index >= 15 is 0 Å². The smallest absolute Gasteiger partial charge is 0.246 e. The van der Waals surface area contributed by atoms with Gasteiger partial charge in [0.25, 0.3) is 0 Å². The molecule has 0 spiro atoms. The number of likely N-dealkylation sites (tertiary alicyclic amines) is 2. The molecule has 8 rings (SSSR count). The van der Waals surface area contributed by atoms with E-state index in [0.29, 0.717) is 6.54 Å². The van der Waals surface area contributed by atoms with Gasteiger partial charge in [-0.25, -0.2) is 9.97 Å². The molecule has 0 aliphatic carbocycles. The molecule has 56 heavy (non-hydrogen) atoms. The lowest BCUT2D eigenvalue weighted by Gasteiger charge is -2.31. The molecule has 1 unspecified atom stereocenters. The molecule has 0 saturated carbocycles. The highest BCUT2D eigenvalue weighted by Gasteiger charge is 2.38. The summed E-state index contributed by atoms with van der Waals surface area (Å²) in [5.41, 5.74) is 7.88. The Kier molecular flexibility index (Phi) is 10.6. The summed E-state index contributed by atoms with van der Waals surface area (Å²) in [6.45, 7) is 1.41. The van der Waals surface area contributed by atoms with Gasteiger partial charge in [0, 0.05) is 19.3 Å². The van der Waals surface area contributed by atoms with E-state index in [1.807, 2.05) is 109 Å². The first-order chi connectivity index (χ1) is 27.3. The molecule has 2 amide bonds. The van der Waals surface area contributed by atoms with Crippen molar-refractivity contribution in [1.82, 2.24) is 44.5 Å². The molecular weight excluding hydrogens is 699 g/mol. The number of carbonyl (C=O) groups is 2. The third-order valence-electron chi connectivity index (χ3n) is 11.2. The monoisotopic (exact) mass is 747 g/mol. The Morgan fingerprint density at radius 3 is 1.52 bits per heavy atom. The van der Waals surface area contributed by atoms with Gasteiger partial charge in [0.05, 0.1) is 41.6 Å². The second-order valence-corrected chi connectivity index (χ2v) is 15.3. The van der Waals surface area contributed by atoms with Crippen molar-refractivity contribution >= 4 is 11.8 Å². The minimum atomic E-state index is -0.452. The second-order valence-electron chi connectivity index (χ2n) is 15.3. The summed E-state index contributed by atoms with van der Waals surface area (Å²) in [7, 11) is 7.76. The van der Waals surface area contributed by atoms with E-state index in [9.17, 15) is 9.59 Å². The zero-order valence-electron chi connectivity index (χ0n) is 32.5. The van der Waals surface area contributed by atoms with Gasteiger partial charge in [-0.1, -0.05) is 84.9 Å². The van der Waals surface area contributed by atoms with Crippen LogP contribution in [0.25, 0.3) is 33.6 Å². The van der Waals surface area contributed by atoms with Crippen molar-refractivity contribution in [2.75, 3.05) is 41.3 Å². The molecular formula is C45H49N9O2. The highest BCUT2D eigenvalue weighted by molar-refractivity contribution is 5.84. The second kappa shape index (κ2) is 16.1. The van der Waals surface area contributed by atoms with Crippen LogP contribution in [0.2, 0.25) is 0 Å². The standard InChI is InChI=1S/C45H49N9O2/c1-51(2)40(34-12-6-5-7-13-34)44(55)53-26-10-15-38(53)42-47-28-36(49-42)32-21-17-30(18-22-32)31-19-23-33(24-20-31)37-29-48-43(50-37)39-16-11-27-54(39)45(56)41(52(3)4)35-14-8-9-25-46-35/h5-9,12-14,17-25,28-29,38-41H,10-11,15-16,26-27H2,1-4H3,(H,47,49)(H,48,50)/t38-,39-,40+,41?/m0/s1. The first kappa shape index (κ1) is 37.0. The first-order valence-corrected chi connectivity index (χ1v) is 19.5. The van der Waals surface area contributed by atoms with Gasteiger partial charge in [-0.15, -0.1) is 0 Å². The van der Waals surface area contributed by atoms with Crippen LogP contribution in [0.1, 0.15) is 72.8 Å². The fourth-order valence-corrected chi connectivity index (χ4v) is 8.38. The molecule has 286 valence electrons. The van der Waals surface area contributed by atoms with E-state index in [0.717, 1.165) is 88.8 Å². The number of imidazole rings is 2. The van der Waals surface area contributed by atoms with Crippen LogP contribution < -0.4 is 0 Å². The maximum Gasteiger partial charge on any atom is 0.246 e. The van der Waals surface area contributed by atoms with Crippen LogP contribution in [0, 0.1) is 0 Å². The summed E-state index contributed by atoms with van der Waals surface area (Å²) in [5.74, 6) is 1.78. The average Bonchev–Trinajstić information content (AvgIpc) is 4.06. The number of hydrogen-bond acceptors (Lipinski definition) is 7. The molecule has 2 aliphatic heterocycles. The summed E-state index contributed by atoms with van der Waals surface area (Å²) in [6, 6.07) is 31.6. The predicted octanol–water partition coefficient (Wildman–Crippen LogP) is 7.46. The summed E-state index contributed by atoms with van der Waals surface area (Å²) < 4.78 is 0. The van der Waals surface area contributed by atoms with Gasteiger partial charge in [0.2, 0.25) is 11.8 Å². The molecule has 2 aliphatic rings. The summed E-state index contributed by atoms with van der Waals surface area (Å²) in [5, 5.41) is 0. The van der Waals surface area contributed by atoms with Gasteiger partial charge in [-0.2, -0.15) is 0 Å². The quantitative estimate of drug-likeness (QED) is 0.141. The molecule has 4 atom stereocenters. The van der Waals surface area contributed by atoms with Crippen molar-refractivity contribution in [1.29, 1.82) is 0 Å². The number of amides is 2. The van der Waals surface area contributed by atoms with Crippen LogP contribution in [0.5, 0.6) is 0 Å². The fourth-order valence-electron chi connectivity index (χ4n) is 8.38. The van der Waals surface area contributed by atoms with Crippen LogP contribution in [0.15, 0.2) is 116 Å². The molecule has 2 saturated heterocycles. The highest BCUT2D eigenvalue weighted by Crippen LogP contribution is 2.37. The van der Waals surface area contributed by atoms with Crippen LogP contribution >= 0.6 is 0 Å². The first-order valence-electron chi connectivity index (χ1n) is 19.5.